The molecule has 0 aliphatic carbocycles. The maximum atomic E-state index is 12.4. The summed E-state index contributed by atoms with van der Waals surface area (Å²) in [6, 6.07) is 12.7. The number of benzene rings is 1. The quantitative estimate of drug-likeness (QED) is 0.774. The van der Waals surface area contributed by atoms with E-state index < -0.39 is 0 Å². The number of halogens is 1. The van der Waals surface area contributed by atoms with Gasteiger partial charge in [0.1, 0.15) is 5.75 Å². The highest BCUT2D eigenvalue weighted by molar-refractivity contribution is 7.19. The molecule has 0 aliphatic rings. The average Bonchev–Trinajstić information content (AvgIpc) is 3.13. The van der Waals surface area contributed by atoms with Gasteiger partial charge in [-0.2, -0.15) is 5.10 Å². The molecule has 0 saturated heterocycles. The highest BCUT2D eigenvalue weighted by Crippen LogP contribution is 2.31. The van der Waals surface area contributed by atoms with E-state index in [-0.39, 0.29) is 5.91 Å². The molecule has 1 amide bonds. The van der Waals surface area contributed by atoms with Gasteiger partial charge in [0.15, 0.2) is 5.69 Å². The molecule has 1 aromatic carbocycles. The zero-order chi connectivity index (χ0) is 16.4. The lowest BCUT2D eigenvalue weighted by atomic mass is 10.2. The summed E-state index contributed by atoms with van der Waals surface area (Å²) in [6.45, 7) is 0. The van der Waals surface area contributed by atoms with Gasteiger partial charge >= 0.3 is 0 Å². The number of anilines is 1. The maximum Gasteiger partial charge on any atom is 0.276 e. The Bertz CT molecular complexity index is 857. The van der Waals surface area contributed by atoms with Crippen molar-refractivity contribution in [1.82, 2.24) is 9.78 Å². The van der Waals surface area contributed by atoms with E-state index in [1.807, 2.05) is 24.3 Å². The van der Waals surface area contributed by atoms with Crippen LogP contribution in [0.15, 0.2) is 42.5 Å². The summed E-state index contributed by atoms with van der Waals surface area (Å²) >= 11 is 7.41. The summed E-state index contributed by atoms with van der Waals surface area (Å²) in [5.41, 5.74) is 1.84. The summed E-state index contributed by atoms with van der Waals surface area (Å²) in [6.07, 6.45) is 0. The molecule has 0 saturated carbocycles. The topological polar surface area (TPSA) is 56.1 Å². The first-order chi connectivity index (χ1) is 11.1. The van der Waals surface area contributed by atoms with E-state index in [9.17, 15) is 4.79 Å². The number of amides is 1. The molecule has 5 nitrogen and oxygen atoms in total. The molecule has 0 fully saturated rings. The smallest absolute Gasteiger partial charge is 0.276 e. The van der Waals surface area contributed by atoms with Crippen LogP contribution in [0.5, 0.6) is 5.75 Å². The van der Waals surface area contributed by atoms with Crippen LogP contribution in [0.1, 0.15) is 10.5 Å². The minimum Gasteiger partial charge on any atom is -0.497 e. The minimum atomic E-state index is -0.275. The van der Waals surface area contributed by atoms with Crippen LogP contribution in [-0.4, -0.2) is 22.8 Å². The molecular formula is C16H14ClN3O2S. The van der Waals surface area contributed by atoms with Crippen molar-refractivity contribution in [3.63, 3.8) is 0 Å². The number of ether oxygens (including phenoxy) is 1. The molecule has 0 aliphatic heterocycles. The van der Waals surface area contributed by atoms with Crippen molar-refractivity contribution >= 4 is 34.5 Å². The van der Waals surface area contributed by atoms with Gasteiger partial charge in [0, 0.05) is 18.8 Å². The molecule has 3 rings (SSSR count). The predicted molar refractivity (Wildman–Crippen MR) is 92.5 cm³/mol. The van der Waals surface area contributed by atoms with Gasteiger partial charge in [-0.1, -0.05) is 17.7 Å². The van der Waals surface area contributed by atoms with Crippen LogP contribution >= 0.6 is 22.9 Å². The molecule has 0 atom stereocenters. The molecule has 7 heteroatoms. The van der Waals surface area contributed by atoms with Crippen LogP contribution in [0.2, 0.25) is 4.34 Å². The number of carbonyl (C=O) groups excluding carboxylic acids is 1. The lowest BCUT2D eigenvalue weighted by Crippen LogP contribution is -2.13. The molecule has 0 unspecified atom stereocenters. The summed E-state index contributed by atoms with van der Waals surface area (Å²) < 4.78 is 7.51. The van der Waals surface area contributed by atoms with Crippen molar-refractivity contribution in [3.8, 4) is 16.3 Å². The number of hydrogen-bond acceptors (Lipinski definition) is 4. The van der Waals surface area contributed by atoms with Crippen molar-refractivity contribution in [2.75, 3.05) is 12.4 Å². The predicted octanol–water partition coefficient (Wildman–Crippen LogP) is 4.06. The van der Waals surface area contributed by atoms with Crippen molar-refractivity contribution in [2.24, 2.45) is 7.05 Å². The third-order valence-corrected chi connectivity index (χ3v) is 4.52. The normalized spacial score (nSPS) is 10.6. The molecule has 2 heterocycles. The SMILES string of the molecule is COc1cccc(NC(=O)c2cc(-c3ccc(Cl)s3)n(C)n2)c1. The number of thiophene rings is 1. The van der Waals surface area contributed by atoms with Crippen LogP contribution in [-0.2, 0) is 7.05 Å². The van der Waals surface area contributed by atoms with E-state index in [1.165, 1.54) is 11.3 Å². The van der Waals surface area contributed by atoms with Gasteiger partial charge in [-0.25, -0.2) is 0 Å². The van der Waals surface area contributed by atoms with E-state index in [2.05, 4.69) is 10.4 Å². The largest absolute Gasteiger partial charge is 0.497 e. The van der Waals surface area contributed by atoms with Crippen LogP contribution in [0.25, 0.3) is 10.6 Å². The van der Waals surface area contributed by atoms with Crippen molar-refractivity contribution in [1.29, 1.82) is 0 Å². The standard InChI is InChI=1S/C16H14ClN3O2S/c1-20-13(14-6-7-15(17)23-14)9-12(19-20)16(21)18-10-4-3-5-11(8-10)22-2/h3-9H,1-2H3,(H,18,21). The first kappa shape index (κ1) is 15.6. The number of carbonyl (C=O) groups is 1. The van der Waals surface area contributed by atoms with Gasteiger partial charge in [-0.15, -0.1) is 11.3 Å². The van der Waals surface area contributed by atoms with Crippen LogP contribution in [0.4, 0.5) is 5.69 Å². The number of rotatable bonds is 4. The van der Waals surface area contributed by atoms with Gasteiger partial charge < -0.3 is 10.1 Å². The Kier molecular flexibility index (Phi) is 4.36. The van der Waals surface area contributed by atoms with Crippen LogP contribution in [0.3, 0.4) is 0 Å². The van der Waals surface area contributed by atoms with Gasteiger partial charge in [-0.3, -0.25) is 9.48 Å². The fraction of sp³-hybridized carbons (Fsp3) is 0.125. The van der Waals surface area contributed by atoms with E-state index in [0.717, 1.165) is 10.6 Å². The molecular weight excluding hydrogens is 334 g/mol. The lowest BCUT2D eigenvalue weighted by molar-refractivity contribution is 0.102. The van der Waals surface area contributed by atoms with E-state index in [1.54, 1.807) is 37.0 Å². The average molecular weight is 348 g/mol. The van der Waals surface area contributed by atoms with Gasteiger partial charge in [0.05, 0.1) is 22.0 Å². The first-order valence-corrected chi connectivity index (χ1v) is 8.01. The third-order valence-electron chi connectivity index (χ3n) is 3.27. The van der Waals surface area contributed by atoms with Crippen molar-refractivity contribution < 1.29 is 9.53 Å². The number of nitrogens with zero attached hydrogens (tertiary/aromatic N) is 2. The highest BCUT2D eigenvalue weighted by atomic mass is 35.5. The van der Waals surface area contributed by atoms with Crippen molar-refractivity contribution in [2.45, 2.75) is 0 Å². The highest BCUT2D eigenvalue weighted by Gasteiger charge is 2.15. The molecule has 0 radical (unpaired) electrons. The van der Waals surface area contributed by atoms with Gasteiger partial charge in [0.2, 0.25) is 0 Å². The van der Waals surface area contributed by atoms with Gasteiger partial charge in [-0.05, 0) is 30.3 Å². The second-order valence-electron chi connectivity index (χ2n) is 4.83. The zero-order valence-electron chi connectivity index (χ0n) is 12.5. The molecule has 0 spiro atoms. The Morgan fingerprint density at radius 3 is 2.83 bits per heavy atom. The van der Waals surface area contributed by atoms with Gasteiger partial charge in [0.25, 0.3) is 5.91 Å². The Balaban J connectivity index is 1.83. The fourth-order valence-corrected chi connectivity index (χ4v) is 3.25. The molecule has 3 aromatic rings. The molecule has 23 heavy (non-hydrogen) atoms. The third kappa shape index (κ3) is 3.38. The van der Waals surface area contributed by atoms with Crippen LogP contribution in [0, 0.1) is 0 Å². The van der Waals surface area contributed by atoms with Crippen LogP contribution < -0.4 is 10.1 Å². The second-order valence-corrected chi connectivity index (χ2v) is 6.54. The number of hydrogen-bond donors (Lipinski definition) is 1. The van der Waals surface area contributed by atoms with E-state index in [4.69, 9.17) is 16.3 Å². The number of aryl methyl sites for hydroxylation is 1. The first-order valence-electron chi connectivity index (χ1n) is 6.82. The van der Waals surface area contributed by atoms with E-state index >= 15 is 0 Å². The zero-order valence-corrected chi connectivity index (χ0v) is 14.1. The molecule has 1 N–H and O–H groups in total. The number of nitrogens with one attached hydrogen (secondary N) is 1. The maximum absolute atomic E-state index is 12.4. The molecule has 2 aromatic heterocycles. The summed E-state index contributed by atoms with van der Waals surface area (Å²) in [7, 11) is 3.38. The Morgan fingerprint density at radius 2 is 2.13 bits per heavy atom. The summed E-state index contributed by atoms with van der Waals surface area (Å²) in [5, 5.41) is 7.08. The lowest BCUT2D eigenvalue weighted by Gasteiger charge is -2.05. The Labute approximate surface area is 142 Å². The van der Waals surface area contributed by atoms with E-state index in [0.29, 0.717) is 21.5 Å². The Morgan fingerprint density at radius 1 is 1.30 bits per heavy atom. The number of methoxy groups -OCH3 is 1. The molecule has 0 bridgehead atoms. The minimum absolute atomic E-state index is 0.275. The Hall–Kier alpha value is -2.31. The monoisotopic (exact) mass is 347 g/mol. The second kappa shape index (κ2) is 6.44. The summed E-state index contributed by atoms with van der Waals surface area (Å²) in [5.74, 6) is 0.403. The number of aromatic nitrogens is 2. The fourth-order valence-electron chi connectivity index (χ4n) is 2.16. The molecule has 118 valence electrons. The van der Waals surface area contributed by atoms with Crippen molar-refractivity contribution in [3.05, 3.63) is 52.5 Å². The summed E-state index contributed by atoms with van der Waals surface area (Å²) in [4.78, 5) is 13.3.